The van der Waals surface area contributed by atoms with Crippen LogP contribution in [0.5, 0.6) is 0 Å². The van der Waals surface area contributed by atoms with Crippen molar-refractivity contribution in [2.24, 2.45) is 11.5 Å². The van der Waals surface area contributed by atoms with Gasteiger partial charge in [-0.1, -0.05) is 0 Å². The largest absolute Gasteiger partial charge is 0.401 e. The number of H-pyrrole nitrogens is 1. The lowest BCUT2D eigenvalue weighted by molar-refractivity contribution is 1.12. The summed E-state index contributed by atoms with van der Waals surface area (Å²) >= 11 is 0. The van der Waals surface area contributed by atoms with Crippen molar-refractivity contribution in [3.05, 3.63) is 29.7 Å². The van der Waals surface area contributed by atoms with Crippen LogP contribution in [0.25, 0.3) is 6.08 Å². The fourth-order valence-corrected chi connectivity index (χ4v) is 0.693. The molecular formula is C7H11N3. The first-order valence-electron chi connectivity index (χ1n) is 3.12. The third kappa shape index (κ3) is 1.63. The summed E-state index contributed by atoms with van der Waals surface area (Å²) in [5.74, 6) is 0. The molecule has 3 heteroatoms. The van der Waals surface area contributed by atoms with Gasteiger partial charge in [0.2, 0.25) is 0 Å². The molecule has 1 aromatic heterocycles. The van der Waals surface area contributed by atoms with Crippen molar-refractivity contribution in [3.63, 3.8) is 0 Å². The van der Waals surface area contributed by atoms with Gasteiger partial charge in [-0.05, 0) is 18.2 Å². The number of rotatable bonds is 2. The monoisotopic (exact) mass is 137 g/mol. The average molecular weight is 137 g/mol. The first kappa shape index (κ1) is 6.89. The van der Waals surface area contributed by atoms with Gasteiger partial charge in [0.25, 0.3) is 0 Å². The molecular weight excluding hydrogens is 126 g/mol. The summed E-state index contributed by atoms with van der Waals surface area (Å²) < 4.78 is 0. The van der Waals surface area contributed by atoms with E-state index in [0.717, 1.165) is 5.69 Å². The summed E-state index contributed by atoms with van der Waals surface area (Å²) in [7, 11) is 0. The van der Waals surface area contributed by atoms with Gasteiger partial charge in [-0.2, -0.15) is 0 Å². The third-order valence-electron chi connectivity index (χ3n) is 1.20. The minimum Gasteiger partial charge on any atom is -0.401 e. The normalized spacial score (nSPS) is 11.9. The minimum absolute atomic E-state index is 0.402. The van der Waals surface area contributed by atoms with Gasteiger partial charge in [0.15, 0.2) is 0 Å². The van der Waals surface area contributed by atoms with Crippen LogP contribution in [-0.4, -0.2) is 11.5 Å². The van der Waals surface area contributed by atoms with E-state index in [2.05, 4.69) is 4.98 Å². The molecule has 0 amide bonds. The molecule has 0 unspecified atom stereocenters. The van der Waals surface area contributed by atoms with E-state index in [4.69, 9.17) is 11.5 Å². The molecule has 0 saturated carbocycles. The number of aromatic nitrogens is 1. The molecule has 54 valence electrons. The topological polar surface area (TPSA) is 67.8 Å². The predicted octanol–water partition coefficient (Wildman–Crippen LogP) is 0.273. The standard InChI is InChI=1S/C7H11N3/c8-5-6(9)4-7-2-1-3-10-7/h1-4,10H,5,8-9H2. The molecule has 3 nitrogen and oxygen atoms in total. The zero-order chi connectivity index (χ0) is 7.40. The number of nitrogens with one attached hydrogen (secondary N) is 1. The van der Waals surface area contributed by atoms with Crippen molar-refractivity contribution in [3.8, 4) is 0 Å². The summed E-state index contributed by atoms with van der Waals surface area (Å²) in [6.07, 6.45) is 3.66. The SMILES string of the molecule is NCC(N)=Cc1ccc[nH]1. The van der Waals surface area contributed by atoms with Crippen LogP contribution in [-0.2, 0) is 0 Å². The molecule has 0 spiro atoms. The summed E-state index contributed by atoms with van der Waals surface area (Å²) in [5.41, 5.74) is 12.4. The molecule has 0 atom stereocenters. The fraction of sp³-hybridized carbons (Fsp3) is 0.143. The van der Waals surface area contributed by atoms with Crippen molar-refractivity contribution >= 4 is 6.08 Å². The maximum Gasteiger partial charge on any atom is 0.0398 e. The molecule has 0 aliphatic carbocycles. The quantitative estimate of drug-likeness (QED) is 0.547. The molecule has 0 radical (unpaired) electrons. The van der Waals surface area contributed by atoms with Crippen LogP contribution in [0.2, 0.25) is 0 Å². The molecule has 0 aliphatic rings. The molecule has 10 heavy (non-hydrogen) atoms. The van der Waals surface area contributed by atoms with E-state index in [0.29, 0.717) is 12.2 Å². The van der Waals surface area contributed by atoms with Crippen LogP contribution in [0.1, 0.15) is 5.69 Å². The second-order valence-corrected chi connectivity index (χ2v) is 2.05. The lowest BCUT2D eigenvalue weighted by Crippen LogP contribution is -2.10. The first-order valence-corrected chi connectivity index (χ1v) is 3.12. The third-order valence-corrected chi connectivity index (χ3v) is 1.20. The van der Waals surface area contributed by atoms with Gasteiger partial charge in [-0.25, -0.2) is 0 Å². The van der Waals surface area contributed by atoms with Crippen LogP contribution in [0.15, 0.2) is 24.0 Å². The second-order valence-electron chi connectivity index (χ2n) is 2.05. The molecule has 1 rings (SSSR count). The summed E-state index contributed by atoms with van der Waals surface area (Å²) in [4.78, 5) is 2.99. The maximum absolute atomic E-state index is 5.48. The van der Waals surface area contributed by atoms with E-state index in [9.17, 15) is 0 Å². The van der Waals surface area contributed by atoms with Crippen LogP contribution < -0.4 is 11.5 Å². The maximum atomic E-state index is 5.48. The number of hydrogen-bond donors (Lipinski definition) is 3. The fourth-order valence-electron chi connectivity index (χ4n) is 0.693. The Labute approximate surface area is 59.7 Å². The molecule has 0 bridgehead atoms. The number of aromatic amines is 1. The van der Waals surface area contributed by atoms with E-state index in [-0.39, 0.29) is 0 Å². The Hall–Kier alpha value is -1.22. The van der Waals surface area contributed by atoms with Crippen molar-refractivity contribution in [1.82, 2.24) is 4.98 Å². The Morgan fingerprint density at radius 3 is 3.00 bits per heavy atom. The molecule has 0 saturated heterocycles. The molecule has 0 aromatic carbocycles. The van der Waals surface area contributed by atoms with E-state index < -0.39 is 0 Å². The van der Waals surface area contributed by atoms with E-state index in [1.54, 1.807) is 0 Å². The highest BCUT2D eigenvalue weighted by molar-refractivity contribution is 5.48. The highest BCUT2D eigenvalue weighted by atomic mass is 14.7. The van der Waals surface area contributed by atoms with Crippen molar-refractivity contribution in [2.45, 2.75) is 0 Å². The van der Waals surface area contributed by atoms with Crippen LogP contribution in [0.3, 0.4) is 0 Å². The highest BCUT2D eigenvalue weighted by Crippen LogP contribution is 1.98. The van der Waals surface area contributed by atoms with Crippen molar-refractivity contribution in [1.29, 1.82) is 0 Å². The minimum atomic E-state index is 0.402. The van der Waals surface area contributed by atoms with E-state index >= 15 is 0 Å². The molecule has 0 aliphatic heterocycles. The van der Waals surface area contributed by atoms with Crippen molar-refractivity contribution < 1.29 is 0 Å². The Morgan fingerprint density at radius 2 is 2.50 bits per heavy atom. The van der Waals surface area contributed by atoms with Gasteiger partial charge in [-0.3, -0.25) is 0 Å². The van der Waals surface area contributed by atoms with Gasteiger partial charge in [-0.15, -0.1) is 0 Å². The van der Waals surface area contributed by atoms with Crippen LogP contribution >= 0.6 is 0 Å². The van der Waals surface area contributed by atoms with Crippen LogP contribution in [0.4, 0.5) is 0 Å². The van der Waals surface area contributed by atoms with Gasteiger partial charge < -0.3 is 16.5 Å². The van der Waals surface area contributed by atoms with Crippen LogP contribution in [0, 0.1) is 0 Å². The van der Waals surface area contributed by atoms with Gasteiger partial charge in [0, 0.05) is 24.1 Å². The molecule has 0 fully saturated rings. The second kappa shape index (κ2) is 3.08. The number of hydrogen-bond acceptors (Lipinski definition) is 2. The predicted molar refractivity (Wildman–Crippen MR) is 42.0 cm³/mol. The Morgan fingerprint density at radius 1 is 1.70 bits per heavy atom. The lowest BCUT2D eigenvalue weighted by atomic mass is 10.3. The molecule has 1 heterocycles. The van der Waals surface area contributed by atoms with Gasteiger partial charge in [0.1, 0.15) is 0 Å². The number of nitrogens with two attached hydrogens (primary N) is 2. The van der Waals surface area contributed by atoms with Gasteiger partial charge >= 0.3 is 0 Å². The summed E-state index contributed by atoms with van der Waals surface area (Å²) in [6, 6.07) is 3.85. The highest BCUT2D eigenvalue weighted by Gasteiger charge is 1.87. The van der Waals surface area contributed by atoms with Gasteiger partial charge in [0.05, 0.1) is 0 Å². The Bertz CT molecular complexity index is 211. The zero-order valence-electron chi connectivity index (χ0n) is 5.67. The van der Waals surface area contributed by atoms with Crippen molar-refractivity contribution in [2.75, 3.05) is 6.54 Å². The average Bonchev–Trinajstić information content (AvgIpc) is 2.40. The smallest absolute Gasteiger partial charge is 0.0398 e. The summed E-state index contributed by atoms with van der Waals surface area (Å²) in [6.45, 7) is 0.402. The van der Waals surface area contributed by atoms with E-state index in [1.165, 1.54) is 0 Å². The van der Waals surface area contributed by atoms with E-state index in [1.807, 2.05) is 24.4 Å². The molecule has 5 N–H and O–H groups in total. The Kier molecular flexibility index (Phi) is 2.12. The summed E-state index contributed by atoms with van der Waals surface area (Å²) in [5, 5.41) is 0. The first-order chi connectivity index (χ1) is 4.83. The zero-order valence-corrected chi connectivity index (χ0v) is 5.67. The molecule has 1 aromatic rings. The lowest BCUT2D eigenvalue weighted by Gasteiger charge is -1.92. The Balaban J connectivity index is 2.71.